The number of nitrogens with zero attached hydrogens (tertiary/aromatic N) is 3. The Kier molecular flexibility index (Phi) is 5.63. The van der Waals surface area contributed by atoms with Crippen LogP contribution in [-0.2, 0) is 4.79 Å². The van der Waals surface area contributed by atoms with Crippen LogP contribution in [0.4, 0.5) is 10.2 Å². The summed E-state index contributed by atoms with van der Waals surface area (Å²) in [6.07, 6.45) is 1.47. The molecule has 2 aromatic heterocycles. The predicted octanol–water partition coefficient (Wildman–Crippen LogP) is 1.85. The zero-order chi connectivity index (χ0) is 21.0. The Morgan fingerprint density at radius 3 is 2.48 bits per heavy atom. The molecule has 9 nitrogen and oxygen atoms in total. The summed E-state index contributed by atoms with van der Waals surface area (Å²) in [5, 5.41) is 2.79. The summed E-state index contributed by atoms with van der Waals surface area (Å²) in [6.45, 7) is 1.55. The van der Waals surface area contributed by atoms with Gasteiger partial charge in [-0.25, -0.2) is 19.3 Å². The zero-order valence-corrected chi connectivity index (χ0v) is 15.3. The Morgan fingerprint density at radius 2 is 1.83 bits per heavy atom. The number of halogens is 1. The predicted molar refractivity (Wildman–Crippen MR) is 103 cm³/mol. The van der Waals surface area contributed by atoms with E-state index in [0.717, 1.165) is 0 Å². The molecule has 0 saturated carbocycles. The minimum Gasteiger partial charge on any atom is -0.439 e. The monoisotopic (exact) mass is 396 g/mol. The maximum atomic E-state index is 13.0. The summed E-state index contributed by atoms with van der Waals surface area (Å²) in [7, 11) is 0. The quantitative estimate of drug-likeness (QED) is 0.552. The first-order valence-electron chi connectivity index (χ1n) is 8.46. The lowest BCUT2D eigenvalue weighted by atomic mass is 10.2. The number of nitrogens with two attached hydrogens (primary N) is 2. The Balaban J connectivity index is 1.94. The highest BCUT2D eigenvalue weighted by Gasteiger charge is 2.15. The number of pyridine rings is 1. The summed E-state index contributed by atoms with van der Waals surface area (Å²) in [5.41, 5.74) is 11.0. The van der Waals surface area contributed by atoms with Crippen LogP contribution in [0.2, 0.25) is 0 Å². The SMILES string of the molecule is CC(Nc1cc(C(N)=O)nc(-c2ccnc(Oc3ccc(F)cc3)c2)n1)C(N)=O. The van der Waals surface area contributed by atoms with Crippen molar-refractivity contribution in [2.75, 3.05) is 5.32 Å². The van der Waals surface area contributed by atoms with Gasteiger partial charge in [-0.2, -0.15) is 0 Å². The average molecular weight is 396 g/mol. The highest BCUT2D eigenvalue weighted by atomic mass is 19.1. The summed E-state index contributed by atoms with van der Waals surface area (Å²) in [5.74, 6) is -0.784. The number of carbonyl (C=O) groups excluding carboxylic acids is 2. The number of hydrogen-bond acceptors (Lipinski definition) is 7. The minimum absolute atomic E-state index is 0.0491. The van der Waals surface area contributed by atoms with E-state index in [1.807, 2.05) is 0 Å². The van der Waals surface area contributed by atoms with Crippen LogP contribution in [0, 0.1) is 5.82 Å². The van der Waals surface area contributed by atoms with Crippen LogP contribution < -0.4 is 21.5 Å². The largest absolute Gasteiger partial charge is 0.439 e. The smallest absolute Gasteiger partial charge is 0.267 e. The molecule has 1 unspecified atom stereocenters. The molecule has 5 N–H and O–H groups in total. The van der Waals surface area contributed by atoms with E-state index in [1.54, 1.807) is 19.1 Å². The Labute approximate surface area is 164 Å². The number of aromatic nitrogens is 3. The molecule has 0 aliphatic heterocycles. The summed E-state index contributed by atoms with van der Waals surface area (Å²) < 4.78 is 18.6. The third kappa shape index (κ3) is 5.01. The molecule has 148 valence electrons. The molecular weight excluding hydrogens is 379 g/mol. The van der Waals surface area contributed by atoms with Gasteiger partial charge >= 0.3 is 0 Å². The minimum atomic E-state index is -0.764. The van der Waals surface area contributed by atoms with Gasteiger partial charge in [-0.15, -0.1) is 0 Å². The first-order valence-corrected chi connectivity index (χ1v) is 8.46. The van der Waals surface area contributed by atoms with Crippen molar-refractivity contribution in [3.8, 4) is 23.0 Å². The third-order valence-corrected chi connectivity index (χ3v) is 3.80. The second kappa shape index (κ2) is 8.30. The average Bonchev–Trinajstić information content (AvgIpc) is 2.69. The highest BCUT2D eigenvalue weighted by Crippen LogP contribution is 2.25. The Morgan fingerprint density at radius 1 is 1.10 bits per heavy atom. The van der Waals surface area contributed by atoms with Crippen LogP contribution in [0.1, 0.15) is 17.4 Å². The standard InChI is InChI=1S/C19H17FN6O3/c1-10(17(21)27)24-15-9-14(18(22)28)25-19(26-15)11-6-7-23-16(8-11)29-13-4-2-12(20)3-5-13/h2-10H,1H3,(H2,21,27)(H2,22,28)(H,24,25,26). The van der Waals surface area contributed by atoms with Gasteiger partial charge in [0.1, 0.15) is 29.1 Å². The lowest BCUT2D eigenvalue weighted by Gasteiger charge is -2.13. The van der Waals surface area contributed by atoms with Gasteiger partial charge in [-0.1, -0.05) is 0 Å². The molecule has 0 saturated heterocycles. The van der Waals surface area contributed by atoms with Crippen LogP contribution >= 0.6 is 0 Å². The van der Waals surface area contributed by atoms with E-state index in [2.05, 4.69) is 20.3 Å². The molecule has 1 aromatic carbocycles. The van der Waals surface area contributed by atoms with E-state index in [4.69, 9.17) is 16.2 Å². The lowest BCUT2D eigenvalue weighted by molar-refractivity contribution is -0.118. The van der Waals surface area contributed by atoms with Gasteiger partial charge in [0.2, 0.25) is 11.8 Å². The van der Waals surface area contributed by atoms with Gasteiger partial charge in [0, 0.05) is 23.9 Å². The molecule has 3 aromatic rings. The highest BCUT2D eigenvalue weighted by molar-refractivity contribution is 5.92. The number of primary amides is 2. The Bertz CT molecular complexity index is 1060. The molecule has 29 heavy (non-hydrogen) atoms. The molecule has 10 heteroatoms. The van der Waals surface area contributed by atoms with Gasteiger partial charge in [0.25, 0.3) is 5.91 Å². The van der Waals surface area contributed by atoms with Crippen LogP contribution in [0.25, 0.3) is 11.4 Å². The van der Waals surface area contributed by atoms with E-state index < -0.39 is 17.9 Å². The maximum Gasteiger partial charge on any atom is 0.267 e. The van der Waals surface area contributed by atoms with Crippen molar-refractivity contribution >= 4 is 17.6 Å². The first kappa shape index (κ1) is 19.7. The number of ether oxygens (including phenoxy) is 1. The number of anilines is 1. The molecule has 3 rings (SSSR count). The number of amides is 2. The number of rotatable bonds is 7. The summed E-state index contributed by atoms with van der Waals surface area (Å²) in [6, 6.07) is 9.19. The van der Waals surface area contributed by atoms with Gasteiger partial charge in [0.15, 0.2) is 5.82 Å². The van der Waals surface area contributed by atoms with E-state index in [9.17, 15) is 14.0 Å². The topological polar surface area (TPSA) is 146 Å². The summed E-state index contributed by atoms with van der Waals surface area (Å²) in [4.78, 5) is 35.5. The van der Waals surface area contributed by atoms with Crippen molar-refractivity contribution in [1.82, 2.24) is 15.0 Å². The van der Waals surface area contributed by atoms with Crippen LogP contribution in [-0.4, -0.2) is 32.8 Å². The molecule has 2 amide bonds. The molecular formula is C19H17FN6O3. The second-order valence-electron chi connectivity index (χ2n) is 6.03. The molecule has 0 aliphatic rings. The molecule has 0 spiro atoms. The third-order valence-electron chi connectivity index (χ3n) is 3.80. The molecule has 1 atom stereocenters. The van der Waals surface area contributed by atoms with Crippen LogP contribution in [0.15, 0.2) is 48.7 Å². The fraction of sp³-hybridized carbons (Fsp3) is 0.105. The molecule has 0 aliphatic carbocycles. The fourth-order valence-corrected chi connectivity index (χ4v) is 2.30. The van der Waals surface area contributed by atoms with Crippen molar-refractivity contribution in [1.29, 1.82) is 0 Å². The first-order chi connectivity index (χ1) is 13.8. The van der Waals surface area contributed by atoms with Crippen molar-refractivity contribution in [2.45, 2.75) is 13.0 Å². The molecule has 0 fully saturated rings. The van der Waals surface area contributed by atoms with E-state index in [-0.39, 0.29) is 29.0 Å². The van der Waals surface area contributed by atoms with Crippen LogP contribution in [0.3, 0.4) is 0 Å². The fourth-order valence-electron chi connectivity index (χ4n) is 2.30. The van der Waals surface area contributed by atoms with Crippen molar-refractivity contribution in [3.05, 3.63) is 60.2 Å². The lowest BCUT2D eigenvalue weighted by Crippen LogP contribution is -2.33. The van der Waals surface area contributed by atoms with Crippen molar-refractivity contribution < 1.29 is 18.7 Å². The summed E-state index contributed by atoms with van der Waals surface area (Å²) >= 11 is 0. The van der Waals surface area contributed by atoms with E-state index >= 15 is 0 Å². The van der Waals surface area contributed by atoms with Gasteiger partial charge in [-0.05, 0) is 37.3 Å². The van der Waals surface area contributed by atoms with Gasteiger partial charge < -0.3 is 21.5 Å². The normalized spacial score (nSPS) is 11.5. The van der Waals surface area contributed by atoms with Crippen LogP contribution in [0.5, 0.6) is 11.6 Å². The maximum absolute atomic E-state index is 13.0. The Hall–Kier alpha value is -4.08. The molecule has 2 heterocycles. The van der Waals surface area contributed by atoms with Crippen molar-refractivity contribution in [2.24, 2.45) is 11.5 Å². The zero-order valence-electron chi connectivity index (χ0n) is 15.3. The van der Waals surface area contributed by atoms with Gasteiger partial charge in [-0.3, -0.25) is 9.59 Å². The van der Waals surface area contributed by atoms with Crippen molar-refractivity contribution in [3.63, 3.8) is 0 Å². The number of nitrogens with one attached hydrogen (secondary N) is 1. The molecule has 0 radical (unpaired) electrons. The second-order valence-corrected chi connectivity index (χ2v) is 6.03. The number of carbonyl (C=O) groups is 2. The number of hydrogen-bond donors (Lipinski definition) is 3. The van der Waals surface area contributed by atoms with E-state index in [1.165, 1.54) is 36.5 Å². The van der Waals surface area contributed by atoms with Gasteiger partial charge in [0.05, 0.1) is 0 Å². The van der Waals surface area contributed by atoms with E-state index in [0.29, 0.717) is 11.3 Å². The number of benzene rings is 1. The molecule has 0 bridgehead atoms.